The molecule has 2 heterocycles. The fourth-order valence-electron chi connectivity index (χ4n) is 1.28. The van der Waals surface area contributed by atoms with Crippen molar-refractivity contribution in [3.8, 4) is 0 Å². The Balaban J connectivity index is 2.88. The SMILES string of the molecule is CC(=O)c1cccc2ncc(Br)n12. The summed E-state index contributed by atoms with van der Waals surface area (Å²) in [5.41, 5.74) is 1.42. The highest BCUT2D eigenvalue weighted by molar-refractivity contribution is 9.10. The number of Topliss-reactive ketones (excluding diaryl/α,β-unsaturated/α-hetero) is 1. The van der Waals surface area contributed by atoms with E-state index in [4.69, 9.17) is 0 Å². The van der Waals surface area contributed by atoms with E-state index in [2.05, 4.69) is 20.9 Å². The molecular formula is C9H7BrN2O. The third kappa shape index (κ3) is 1.27. The molecule has 0 aliphatic heterocycles. The van der Waals surface area contributed by atoms with Crippen molar-refractivity contribution in [3.63, 3.8) is 0 Å². The van der Waals surface area contributed by atoms with E-state index in [-0.39, 0.29) is 5.78 Å². The van der Waals surface area contributed by atoms with Crippen LogP contribution in [0.4, 0.5) is 0 Å². The number of halogens is 1. The number of ketones is 1. The number of imidazole rings is 1. The molecule has 0 fully saturated rings. The molecule has 0 spiro atoms. The van der Waals surface area contributed by atoms with Crippen LogP contribution < -0.4 is 0 Å². The van der Waals surface area contributed by atoms with Crippen LogP contribution in [-0.2, 0) is 0 Å². The molecule has 66 valence electrons. The van der Waals surface area contributed by atoms with E-state index in [0.29, 0.717) is 5.69 Å². The number of hydrogen-bond donors (Lipinski definition) is 0. The van der Waals surface area contributed by atoms with E-state index in [1.165, 1.54) is 0 Å². The first-order valence-corrected chi connectivity index (χ1v) is 4.62. The van der Waals surface area contributed by atoms with Gasteiger partial charge in [0.1, 0.15) is 10.3 Å². The van der Waals surface area contributed by atoms with Crippen LogP contribution >= 0.6 is 15.9 Å². The first-order chi connectivity index (χ1) is 6.20. The molecule has 0 unspecified atom stereocenters. The number of fused-ring (bicyclic) bond motifs is 1. The second-order valence-electron chi connectivity index (χ2n) is 2.74. The van der Waals surface area contributed by atoms with Crippen molar-refractivity contribution in [1.29, 1.82) is 0 Å². The lowest BCUT2D eigenvalue weighted by molar-refractivity contribution is 0.101. The third-order valence-corrected chi connectivity index (χ3v) is 2.41. The van der Waals surface area contributed by atoms with E-state index >= 15 is 0 Å². The number of pyridine rings is 1. The second kappa shape index (κ2) is 2.96. The van der Waals surface area contributed by atoms with Gasteiger partial charge in [-0.2, -0.15) is 0 Å². The number of carbonyl (C=O) groups excluding carboxylic acids is 1. The van der Waals surface area contributed by atoms with Gasteiger partial charge in [0.05, 0.1) is 11.9 Å². The summed E-state index contributed by atoms with van der Waals surface area (Å²) in [5.74, 6) is 0.0318. The molecule has 0 aliphatic rings. The number of hydrogen-bond acceptors (Lipinski definition) is 2. The van der Waals surface area contributed by atoms with Gasteiger partial charge in [-0.3, -0.25) is 9.20 Å². The lowest BCUT2D eigenvalue weighted by Crippen LogP contribution is -2.01. The van der Waals surface area contributed by atoms with Gasteiger partial charge < -0.3 is 0 Å². The number of rotatable bonds is 1. The predicted molar refractivity (Wildman–Crippen MR) is 52.9 cm³/mol. The first kappa shape index (κ1) is 8.44. The van der Waals surface area contributed by atoms with Crippen LogP contribution in [0.15, 0.2) is 29.0 Å². The average molecular weight is 239 g/mol. The molecule has 2 rings (SSSR count). The number of aromatic nitrogens is 2. The molecule has 0 atom stereocenters. The van der Waals surface area contributed by atoms with Crippen LogP contribution in [0, 0.1) is 0 Å². The predicted octanol–water partition coefficient (Wildman–Crippen LogP) is 2.30. The van der Waals surface area contributed by atoms with Crippen LogP contribution in [0.25, 0.3) is 5.65 Å². The molecule has 13 heavy (non-hydrogen) atoms. The number of carbonyl (C=O) groups is 1. The molecule has 2 aromatic rings. The molecule has 0 amide bonds. The van der Waals surface area contributed by atoms with Crippen molar-refractivity contribution in [2.24, 2.45) is 0 Å². The molecule has 0 N–H and O–H groups in total. The zero-order valence-electron chi connectivity index (χ0n) is 6.99. The molecule has 2 aromatic heterocycles. The van der Waals surface area contributed by atoms with Gasteiger partial charge in [-0.1, -0.05) is 6.07 Å². The average Bonchev–Trinajstić information content (AvgIpc) is 2.48. The van der Waals surface area contributed by atoms with Gasteiger partial charge >= 0.3 is 0 Å². The van der Waals surface area contributed by atoms with E-state index in [0.717, 1.165) is 10.3 Å². The maximum Gasteiger partial charge on any atom is 0.176 e. The van der Waals surface area contributed by atoms with Crippen molar-refractivity contribution in [2.75, 3.05) is 0 Å². The second-order valence-corrected chi connectivity index (χ2v) is 3.55. The molecule has 0 aromatic carbocycles. The Morgan fingerprint density at radius 2 is 2.31 bits per heavy atom. The lowest BCUT2D eigenvalue weighted by Gasteiger charge is -2.01. The van der Waals surface area contributed by atoms with Crippen molar-refractivity contribution < 1.29 is 4.79 Å². The minimum atomic E-state index is 0.0318. The highest BCUT2D eigenvalue weighted by atomic mass is 79.9. The van der Waals surface area contributed by atoms with Crippen molar-refractivity contribution in [3.05, 3.63) is 34.7 Å². The topological polar surface area (TPSA) is 34.4 Å². The van der Waals surface area contributed by atoms with Crippen LogP contribution in [0.2, 0.25) is 0 Å². The molecule has 4 heteroatoms. The van der Waals surface area contributed by atoms with E-state index in [1.54, 1.807) is 23.6 Å². The largest absolute Gasteiger partial charge is 0.293 e. The molecule has 0 saturated heterocycles. The van der Waals surface area contributed by atoms with E-state index < -0.39 is 0 Å². The molecule has 0 saturated carbocycles. The maximum absolute atomic E-state index is 11.2. The zero-order chi connectivity index (χ0) is 9.42. The van der Waals surface area contributed by atoms with E-state index in [1.807, 2.05) is 12.1 Å². The van der Waals surface area contributed by atoms with Crippen LogP contribution in [0.1, 0.15) is 17.4 Å². The molecule has 3 nitrogen and oxygen atoms in total. The Morgan fingerprint density at radius 3 is 3.00 bits per heavy atom. The maximum atomic E-state index is 11.2. The standard InChI is InChI=1S/C9H7BrN2O/c1-6(13)7-3-2-4-9-11-5-8(10)12(7)9/h2-5H,1H3. The molecular weight excluding hydrogens is 232 g/mol. The zero-order valence-corrected chi connectivity index (χ0v) is 8.58. The molecule has 0 radical (unpaired) electrons. The van der Waals surface area contributed by atoms with Crippen molar-refractivity contribution in [2.45, 2.75) is 6.92 Å². The van der Waals surface area contributed by atoms with E-state index in [9.17, 15) is 4.79 Å². The van der Waals surface area contributed by atoms with Crippen LogP contribution in [0.3, 0.4) is 0 Å². The monoisotopic (exact) mass is 238 g/mol. The normalized spacial score (nSPS) is 10.6. The fourth-order valence-corrected chi connectivity index (χ4v) is 1.75. The highest BCUT2D eigenvalue weighted by Gasteiger charge is 2.07. The Labute approximate surface area is 83.5 Å². The van der Waals surface area contributed by atoms with Gasteiger partial charge in [-0.15, -0.1) is 0 Å². The highest BCUT2D eigenvalue weighted by Crippen LogP contribution is 2.15. The summed E-state index contributed by atoms with van der Waals surface area (Å²) in [4.78, 5) is 15.4. The minimum Gasteiger partial charge on any atom is -0.293 e. The lowest BCUT2D eigenvalue weighted by atomic mass is 10.3. The van der Waals surface area contributed by atoms with Gasteiger partial charge in [0.2, 0.25) is 0 Å². The fraction of sp³-hybridized carbons (Fsp3) is 0.111. The van der Waals surface area contributed by atoms with Crippen molar-refractivity contribution in [1.82, 2.24) is 9.38 Å². The Bertz CT molecular complexity index is 475. The summed E-state index contributed by atoms with van der Waals surface area (Å²) in [7, 11) is 0. The van der Waals surface area contributed by atoms with Gasteiger partial charge in [-0.25, -0.2) is 4.98 Å². The van der Waals surface area contributed by atoms with Crippen LogP contribution in [0.5, 0.6) is 0 Å². The minimum absolute atomic E-state index is 0.0318. The summed E-state index contributed by atoms with van der Waals surface area (Å²) >= 11 is 3.33. The van der Waals surface area contributed by atoms with Gasteiger partial charge in [0.25, 0.3) is 0 Å². The van der Waals surface area contributed by atoms with Crippen molar-refractivity contribution >= 4 is 27.4 Å². The smallest absolute Gasteiger partial charge is 0.176 e. The molecule has 0 aliphatic carbocycles. The Kier molecular flexibility index (Phi) is 1.92. The quantitative estimate of drug-likeness (QED) is 0.715. The number of nitrogens with zero attached hydrogens (tertiary/aromatic N) is 2. The Hall–Kier alpha value is -1.16. The van der Waals surface area contributed by atoms with Gasteiger partial charge in [0, 0.05) is 6.92 Å². The van der Waals surface area contributed by atoms with Gasteiger partial charge in [0.15, 0.2) is 5.78 Å². The third-order valence-electron chi connectivity index (χ3n) is 1.85. The van der Waals surface area contributed by atoms with Gasteiger partial charge in [-0.05, 0) is 28.1 Å². The first-order valence-electron chi connectivity index (χ1n) is 3.83. The summed E-state index contributed by atoms with van der Waals surface area (Å²) in [6.07, 6.45) is 1.68. The van der Waals surface area contributed by atoms with Crippen LogP contribution in [-0.4, -0.2) is 15.2 Å². The molecule has 0 bridgehead atoms. The Morgan fingerprint density at radius 1 is 1.54 bits per heavy atom. The summed E-state index contributed by atoms with van der Waals surface area (Å²) < 4.78 is 2.58. The summed E-state index contributed by atoms with van der Waals surface area (Å²) in [6, 6.07) is 5.46. The summed E-state index contributed by atoms with van der Waals surface area (Å²) in [6.45, 7) is 1.54. The summed E-state index contributed by atoms with van der Waals surface area (Å²) in [5, 5.41) is 0.